The van der Waals surface area contributed by atoms with Crippen molar-refractivity contribution in [2.45, 2.75) is 39.5 Å². The Morgan fingerprint density at radius 2 is 1.84 bits per heavy atom. The minimum Gasteiger partial charge on any atom is -0.472 e. The van der Waals surface area contributed by atoms with E-state index in [9.17, 15) is 9.59 Å². The SMILES string of the molecule is CC(C)(C)OC(=O)NCc1cccc(NC(=O)NCc2ccoc2)c1. The summed E-state index contributed by atoms with van der Waals surface area (Å²) in [5.41, 5.74) is 1.82. The number of rotatable bonds is 5. The Bertz CT molecular complexity index is 705. The van der Waals surface area contributed by atoms with Crippen LogP contribution in [-0.4, -0.2) is 17.7 Å². The number of anilines is 1. The Balaban J connectivity index is 1.81. The molecule has 0 aliphatic rings. The first-order chi connectivity index (χ1) is 11.8. The summed E-state index contributed by atoms with van der Waals surface area (Å²) in [5, 5.41) is 8.16. The summed E-state index contributed by atoms with van der Waals surface area (Å²) in [6.07, 6.45) is 2.64. The standard InChI is InChI=1S/C18H23N3O4/c1-18(2,3)25-17(23)20-10-13-5-4-6-15(9-13)21-16(22)19-11-14-7-8-24-12-14/h4-9,12H,10-11H2,1-3H3,(H,20,23)(H2,19,21,22). The van der Waals surface area contributed by atoms with Crippen molar-refractivity contribution in [3.05, 3.63) is 54.0 Å². The van der Waals surface area contributed by atoms with Crippen LogP contribution in [0.5, 0.6) is 0 Å². The highest BCUT2D eigenvalue weighted by Gasteiger charge is 2.15. The number of furan rings is 1. The number of carbonyl (C=O) groups is 2. The molecule has 7 heteroatoms. The van der Waals surface area contributed by atoms with Gasteiger partial charge in [-0.25, -0.2) is 9.59 Å². The highest BCUT2D eigenvalue weighted by Crippen LogP contribution is 2.11. The molecule has 1 aromatic carbocycles. The van der Waals surface area contributed by atoms with Crippen LogP contribution in [0.3, 0.4) is 0 Å². The van der Waals surface area contributed by atoms with Gasteiger partial charge in [0.2, 0.25) is 0 Å². The lowest BCUT2D eigenvalue weighted by molar-refractivity contribution is 0.0523. The molecule has 2 rings (SSSR count). The van der Waals surface area contributed by atoms with Crippen LogP contribution < -0.4 is 16.0 Å². The maximum atomic E-state index is 11.9. The summed E-state index contributed by atoms with van der Waals surface area (Å²) in [4.78, 5) is 23.6. The quantitative estimate of drug-likeness (QED) is 0.771. The number of carbonyl (C=O) groups excluding carboxylic acids is 2. The summed E-state index contributed by atoms with van der Waals surface area (Å²) in [6, 6.07) is 8.68. The molecule has 0 spiro atoms. The third-order valence-corrected chi connectivity index (χ3v) is 3.05. The van der Waals surface area contributed by atoms with Crippen LogP contribution in [-0.2, 0) is 17.8 Å². The van der Waals surface area contributed by atoms with Crippen LogP contribution in [0.4, 0.5) is 15.3 Å². The van der Waals surface area contributed by atoms with Gasteiger partial charge in [-0.15, -0.1) is 0 Å². The van der Waals surface area contributed by atoms with Crippen molar-refractivity contribution >= 4 is 17.8 Å². The maximum Gasteiger partial charge on any atom is 0.407 e. The fourth-order valence-electron chi connectivity index (χ4n) is 2.00. The van der Waals surface area contributed by atoms with Gasteiger partial charge in [-0.05, 0) is 44.5 Å². The maximum absolute atomic E-state index is 11.9. The topological polar surface area (TPSA) is 92.6 Å². The Hall–Kier alpha value is -2.96. The van der Waals surface area contributed by atoms with Crippen molar-refractivity contribution in [3.8, 4) is 0 Å². The summed E-state index contributed by atoms with van der Waals surface area (Å²) in [5.74, 6) is 0. The molecular weight excluding hydrogens is 322 g/mol. The third-order valence-electron chi connectivity index (χ3n) is 3.05. The van der Waals surface area contributed by atoms with Gasteiger partial charge < -0.3 is 25.1 Å². The van der Waals surface area contributed by atoms with E-state index in [1.165, 1.54) is 0 Å². The van der Waals surface area contributed by atoms with E-state index in [-0.39, 0.29) is 6.03 Å². The van der Waals surface area contributed by atoms with Crippen molar-refractivity contribution < 1.29 is 18.7 Å². The number of hydrogen-bond donors (Lipinski definition) is 3. The summed E-state index contributed by atoms with van der Waals surface area (Å²) in [6.45, 7) is 6.10. The third kappa shape index (κ3) is 6.99. The predicted octanol–water partition coefficient (Wildman–Crippen LogP) is 3.63. The molecule has 0 bridgehead atoms. The van der Waals surface area contributed by atoms with Crippen molar-refractivity contribution in [1.29, 1.82) is 0 Å². The van der Waals surface area contributed by atoms with Crippen LogP contribution in [0, 0.1) is 0 Å². The molecule has 0 fully saturated rings. The zero-order valence-electron chi connectivity index (χ0n) is 14.6. The first kappa shape index (κ1) is 18.4. The lowest BCUT2D eigenvalue weighted by Crippen LogP contribution is -2.32. The Kier molecular flexibility index (Phi) is 6.05. The molecule has 2 aromatic rings. The molecule has 25 heavy (non-hydrogen) atoms. The zero-order valence-corrected chi connectivity index (χ0v) is 14.6. The number of amides is 3. The van der Waals surface area contributed by atoms with E-state index in [1.54, 1.807) is 57.6 Å². The number of alkyl carbamates (subject to hydrolysis) is 1. The molecule has 0 saturated carbocycles. The largest absolute Gasteiger partial charge is 0.472 e. The smallest absolute Gasteiger partial charge is 0.407 e. The van der Waals surface area contributed by atoms with Gasteiger partial charge in [0, 0.05) is 24.3 Å². The van der Waals surface area contributed by atoms with Gasteiger partial charge in [0.05, 0.1) is 12.5 Å². The Morgan fingerprint density at radius 3 is 2.52 bits per heavy atom. The summed E-state index contributed by atoms with van der Waals surface area (Å²) >= 11 is 0. The molecule has 0 aliphatic heterocycles. The van der Waals surface area contributed by atoms with Crippen molar-refractivity contribution in [2.24, 2.45) is 0 Å². The average molecular weight is 345 g/mol. The second-order valence-electron chi connectivity index (χ2n) is 6.50. The van der Waals surface area contributed by atoms with E-state index in [1.807, 2.05) is 6.07 Å². The molecule has 3 N–H and O–H groups in total. The average Bonchev–Trinajstić information content (AvgIpc) is 3.03. The minimum atomic E-state index is -0.541. The lowest BCUT2D eigenvalue weighted by Gasteiger charge is -2.19. The normalized spacial score (nSPS) is 10.8. The number of hydrogen-bond acceptors (Lipinski definition) is 4. The monoisotopic (exact) mass is 345 g/mol. The van der Waals surface area contributed by atoms with Gasteiger partial charge >= 0.3 is 12.1 Å². The molecule has 3 amide bonds. The number of ether oxygens (including phenoxy) is 1. The number of urea groups is 1. The molecule has 0 unspecified atom stereocenters. The molecular formula is C18H23N3O4. The molecule has 0 atom stereocenters. The van der Waals surface area contributed by atoms with Crippen LogP contribution in [0.1, 0.15) is 31.9 Å². The molecule has 0 aliphatic carbocycles. The molecule has 134 valence electrons. The summed E-state index contributed by atoms with van der Waals surface area (Å²) in [7, 11) is 0. The van der Waals surface area contributed by atoms with E-state index < -0.39 is 11.7 Å². The highest BCUT2D eigenvalue weighted by molar-refractivity contribution is 5.89. The van der Waals surface area contributed by atoms with Crippen LogP contribution in [0.15, 0.2) is 47.3 Å². The minimum absolute atomic E-state index is 0.307. The summed E-state index contributed by atoms with van der Waals surface area (Å²) < 4.78 is 10.1. The van der Waals surface area contributed by atoms with Gasteiger partial charge in [0.1, 0.15) is 5.60 Å². The zero-order chi connectivity index (χ0) is 18.3. The lowest BCUT2D eigenvalue weighted by atomic mass is 10.2. The second-order valence-corrected chi connectivity index (χ2v) is 6.50. The molecule has 1 heterocycles. The first-order valence-electron chi connectivity index (χ1n) is 7.93. The van der Waals surface area contributed by atoms with E-state index in [4.69, 9.17) is 9.15 Å². The van der Waals surface area contributed by atoms with Crippen LogP contribution in [0.25, 0.3) is 0 Å². The number of nitrogens with one attached hydrogen (secondary N) is 3. The van der Waals surface area contributed by atoms with Gasteiger partial charge in [0.15, 0.2) is 0 Å². The van der Waals surface area contributed by atoms with Gasteiger partial charge in [-0.1, -0.05) is 12.1 Å². The molecule has 0 saturated heterocycles. The fourth-order valence-corrected chi connectivity index (χ4v) is 2.00. The predicted molar refractivity (Wildman–Crippen MR) is 94.1 cm³/mol. The Labute approximate surface area is 146 Å². The van der Waals surface area contributed by atoms with Crippen molar-refractivity contribution in [3.63, 3.8) is 0 Å². The molecule has 1 aromatic heterocycles. The molecule has 7 nitrogen and oxygen atoms in total. The van der Waals surface area contributed by atoms with Crippen molar-refractivity contribution in [2.75, 3.05) is 5.32 Å². The Morgan fingerprint density at radius 1 is 1.08 bits per heavy atom. The van der Waals surface area contributed by atoms with Gasteiger partial charge in [-0.2, -0.15) is 0 Å². The van der Waals surface area contributed by atoms with E-state index in [2.05, 4.69) is 16.0 Å². The van der Waals surface area contributed by atoms with Crippen LogP contribution >= 0.6 is 0 Å². The fraction of sp³-hybridized carbons (Fsp3) is 0.333. The van der Waals surface area contributed by atoms with Crippen molar-refractivity contribution in [1.82, 2.24) is 10.6 Å². The highest BCUT2D eigenvalue weighted by atomic mass is 16.6. The first-order valence-corrected chi connectivity index (χ1v) is 7.93. The van der Waals surface area contributed by atoms with E-state index in [0.717, 1.165) is 11.1 Å². The van der Waals surface area contributed by atoms with Gasteiger partial charge in [-0.3, -0.25) is 0 Å². The van der Waals surface area contributed by atoms with Crippen LogP contribution in [0.2, 0.25) is 0 Å². The number of benzene rings is 1. The van der Waals surface area contributed by atoms with E-state index >= 15 is 0 Å². The molecule has 0 radical (unpaired) electrons. The van der Waals surface area contributed by atoms with E-state index in [0.29, 0.717) is 18.8 Å². The second kappa shape index (κ2) is 8.23. The van der Waals surface area contributed by atoms with Gasteiger partial charge in [0.25, 0.3) is 0 Å².